The van der Waals surface area contributed by atoms with E-state index in [1.54, 1.807) is 6.20 Å². The second-order valence-corrected chi connectivity index (χ2v) is 7.50. The topological polar surface area (TPSA) is 59.0 Å². The molecule has 1 amide bonds. The van der Waals surface area contributed by atoms with E-state index in [0.29, 0.717) is 12.1 Å². The molecule has 3 aromatic rings. The van der Waals surface area contributed by atoms with Crippen LogP contribution in [-0.2, 0) is 13.5 Å². The van der Waals surface area contributed by atoms with Gasteiger partial charge in [0.05, 0.1) is 5.56 Å². The number of pyridine rings is 1. The second-order valence-electron chi connectivity index (χ2n) is 7.50. The summed E-state index contributed by atoms with van der Waals surface area (Å²) in [4.78, 5) is 16.7. The minimum absolute atomic E-state index is 0.0757. The molecule has 2 N–H and O–H groups in total. The summed E-state index contributed by atoms with van der Waals surface area (Å²) in [6.07, 6.45) is 7.23. The Kier molecular flexibility index (Phi) is 4.84. The zero-order valence-electron chi connectivity index (χ0n) is 16.0. The van der Waals surface area contributed by atoms with Gasteiger partial charge in [0.1, 0.15) is 5.82 Å². The molecule has 27 heavy (non-hydrogen) atoms. The molecular formula is C22H26N4O. The molecule has 1 aromatic carbocycles. The van der Waals surface area contributed by atoms with Gasteiger partial charge in [0.2, 0.25) is 0 Å². The van der Waals surface area contributed by atoms with Gasteiger partial charge in [-0.25, -0.2) is 4.98 Å². The van der Waals surface area contributed by atoms with Gasteiger partial charge in [-0.3, -0.25) is 4.79 Å². The highest BCUT2D eigenvalue weighted by Crippen LogP contribution is 2.28. The first-order valence-electron chi connectivity index (χ1n) is 9.63. The number of rotatable bonds is 7. The van der Waals surface area contributed by atoms with Crippen molar-refractivity contribution in [2.45, 2.75) is 26.2 Å². The Bertz CT molecular complexity index is 954. The number of hydrogen-bond donors (Lipinski definition) is 2. The number of nitrogens with one attached hydrogen (secondary N) is 2. The smallest absolute Gasteiger partial charge is 0.252 e. The van der Waals surface area contributed by atoms with Gasteiger partial charge in [0.25, 0.3) is 5.91 Å². The summed E-state index contributed by atoms with van der Waals surface area (Å²) in [5.74, 6) is 1.56. The number of aryl methyl sites for hydroxylation is 2. The third kappa shape index (κ3) is 3.97. The van der Waals surface area contributed by atoms with Crippen LogP contribution in [0.2, 0.25) is 0 Å². The van der Waals surface area contributed by atoms with E-state index in [9.17, 15) is 4.79 Å². The zero-order valence-corrected chi connectivity index (χ0v) is 16.0. The predicted octanol–water partition coefficient (Wildman–Crippen LogP) is 3.68. The van der Waals surface area contributed by atoms with Crippen molar-refractivity contribution in [1.82, 2.24) is 14.9 Å². The highest BCUT2D eigenvalue weighted by Gasteiger charge is 2.20. The van der Waals surface area contributed by atoms with E-state index < -0.39 is 0 Å². The molecule has 4 rings (SSSR count). The zero-order chi connectivity index (χ0) is 18.8. The molecular weight excluding hydrogens is 336 g/mol. The van der Waals surface area contributed by atoms with Crippen LogP contribution in [0.5, 0.6) is 0 Å². The molecule has 2 aromatic heterocycles. The van der Waals surface area contributed by atoms with Crippen LogP contribution in [0.4, 0.5) is 5.82 Å². The lowest BCUT2D eigenvalue weighted by Gasteiger charge is -2.07. The van der Waals surface area contributed by atoms with Crippen molar-refractivity contribution in [2.24, 2.45) is 13.0 Å². The summed E-state index contributed by atoms with van der Waals surface area (Å²) < 4.78 is 2.15. The average molecular weight is 362 g/mol. The fraction of sp³-hybridized carbons (Fsp3) is 0.364. The van der Waals surface area contributed by atoms with Crippen molar-refractivity contribution in [3.63, 3.8) is 0 Å². The number of carbonyl (C=O) groups is 1. The SMILES string of the molecule is Cc1cccc2c1c(CCNC(=O)c1ccc(NCC3CC3)nc1)cn2C. The lowest BCUT2D eigenvalue weighted by atomic mass is 10.1. The van der Waals surface area contributed by atoms with Crippen molar-refractivity contribution < 1.29 is 4.79 Å². The molecule has 1 fully saturated rings. The minimum Gasteiger partial charge on any atom is -0.370 e. The number of amides is 1. The largest absolute Gasteiger partial charge is 0.370 e. The van der Waals surface area contributed by atoms with Crippen molar-refractivity contribution in [3.8, 4) is 0 Å². The van der Waals surface area contributed by atoms with Gasteiger partial charge in [-0.05, 0) is 61.4 Å². The quantitative estimate of drug-likeness (QED) is 0.674. The van der Waals surface area contributed by atoms with E-state index in [0.717, 1.165) is 24.7 Å². The number of carbonyl (C=O) groups excluding carboxylic acids is 1. The van der Waals surface area contributed by atoms with Crippen LogP contribution in [0.15, 0.2) is 42.7 Å². The Balaban J connectivity index is 1.34. The van der Waals surface area contributed by atoms with Crippen LogP contribution >= 0.6 is 0 Å². The van der Waals surface area contributed by atoms with Crippen molar-refractivity contribution in [2.75, 3.05) is 18.4 Å². The number of fused-ring (bicyclic) bond motifs is 1. The number of benzene rings is 1. The van der Waals surface area contributed by atoms with Gasteiger partial charge in [0.15, 0.2) is 0 Å². The molecule has 2 heterocycles. The maximum atomic E-state index is 12.4. The molecule has 0 saturated heterocycles. The van der Waals surface area contributed by atoms with Gasteiger partial charge in [0, 0.05) is 43.4 Å². The van der Waals surface area contributed by atoms with Crippen molar-refractivity contribution >= 4 is 22.6 Å². The molecule has 0 aliphatic heterocycles. The van der Waals surface area contributed by atoms with E-state index in [-0.39, 0.29) is 5.91 Å². The normalized spacial score (nSPS) is 13.7. The van der Waals surface area contributed by atoms with Gasteiger partial charge >= 0.3 is 0 Å². The predicted molar refractivity (Wildman–Crippen MR) is 109 cm³/mol. The maximum absolute atomic E-state index is 12.4. The standard InChI is InChI=1S/C22H26N4O/c1-15-4-3-5-19-21(15)18(14-26(19)2)10-11-23-22(27)17-8-9-20(25-13-17)24-12-16-6-7-16/h3-5,8-9,13-14,16H,6-7,10-12H2,1-2H3,(H,23,27)(H,24,25). The van der Waals surface area contributed by atoms with Gasteiger partial charge < -0.3 is 15.2 Å². The van der Waals surface area contributed by atoms with Crippen LogP contribution < -0.4 is 10.6 Å². The Morgan fingerprint density at radius 2 is 2.11 bits per heavy atom. The highest BCUT2D eigenvalue weighted by molar-refractivity contribution is 5.94. The molecule has 5 heteroatoms. The summed E-state index contributed by atoms with van der Waals surface area (Å²) in [7, 11) is 2.06. The number of aromatic nitrogens is 2. The van der Waals surface area contributed by atoms with Gasteiger partial charge in [-0.15, -0.1) is 0 Å². The van der Waals surface area contributed by atoms with Crippen LogP contribution in [0, 0.1) is 12.8 Å². The molecule has 0 radical (unpaired) electrons. The third-order valence-electron chi connectivity index (χ3n) is 5.28. The number of anilines is 1. The molecule has 0 bridgehead atoms. The van der Waals surface area contributed by atoms with Gasteiger partial charge in [-0.2, -0.15) is 0 Å². The Morgan fingerprint density at radius 1 is 1.26 bits per heavy atom. The molecule has 1 aliphatic rings. The molecule has 140 valence electrons. The monoisotopic (exact) mass is 362 g/mol. The van der Waals surface area contributed by atoms with E-state index in [1.165, 1.54) is 34.9 Å². The minimum atomic E-state index is -0.0757. The lowest BCUT2D eigenvalue weighted by Crippen LogP contribution is -2.25. The maximum Gasteiger partial charge on any atom is 0.252 e. The van der Waals surface area contributed by atoms with Crippen molar-refractivity contribution in [3.05, 3.63) is 59.4 Å². The number of hydrogen-bond acceptors (Lipinski definition) is 3. The summed E-state index contributed by atoms with van der Waals surface area (Å²) >= 11 is 0. The fourth-order valence-electron chi connectivity index (χ4n) is 3.54. The Labute approximate surface area is 159 Å². The number of nitrogens with zero attached hydrogens (tertiary/aromatic N) is 2. The molecule has 0 atom stereocenters. The molecule has 0 unspecified atom stereocenters. The van der Waals surface area contributed by atoms with Gasteiger partial charge in [-0.1, -0.05) is 12.1 Å². The van der Waals surface area contributed by atoms with E-state index in [1.807, 2.05) is 12.1 Å². The van der Waals surface area contributed by atoms with Crippen LogP contribution in [-0.4, -0.2) is 28.5 Å². The molecule has 5 nitrogen and oxygen atoms in total. The average Bonchev–Trinajstić information content (AvgIpc) is 3.44. The van der Waals surface area contributed by atoms with E-state index in [2.05, 4.69) is 58.6 Å². The van der Waals surface area contributed by atoms with Crippen LogP contribution in [0.25, 0.3) is 10.9 Å². The summed E-state index contributed by atoms with van der Waals surface area (Å²) in [5.41, 5.74) is 4.37. The Morgan fingerprint density at radius 3 is 2.85 bits per heavy atom. The fourth-order valence-corrected chi connectivity index (χ4v) is 3.54. The second kappa shape index (κ2) is 7.43. The molecule has 0 spiro atoms. The molecule has 1 saturated carbocycles. The van der Waals surface area contributed by atoms with Crippen molar-refractivity contribution in [1.29, 1.82) is 0 Å². The Hall–Kier alpha value is -2.82. The van der Waals surface area contributed by atoms with Crippen LogP contribution in [0.3, 0.4) is 0 Å². The van der Waals surface area contributed by atoms with Crippen LogP contribution in [0.1, 0.15) is 34.3 Å². The summed E-state index contributed by atoms with van der Waals surface area (Å²) in [6, 6.07) is 10.1. The first-order chi connectivity index (χ1) is 13.1. The lowest BCUT2D eigenvalue weighted by molar-refractivity contribution is 0.0954. The first kappa shape index (κ1) is 17.6. The van der Waals surface area contributed by atoms with E-state index in [4.69, 9.17) is 0 Å². The molecule has 1 aliphatic carbocycles. The van der Waals surface area contributed by atoms with E-state index >= 15 is 0 Å². The highest BCUT2D eigenvalue weighted by atomic mass is 16.1. The summed E-state index contributed by atoms with van der Waals surface area (Å²) in [5, 5.41) is 7.62. The first-order valence-corrected chi connectivity index (χ1v) is 9.63. The summed E-state index contributed by atoms with van der Waals surface area (Å²) in [6.45, 7) is 3.71. The third-order valence-corrected chi connectivity index (χ3v) is 5.28.